The van der Waals surface area contributed by atoms with Crippen LogP contribution < -0.4 is 5.48 Å². The lowest BCUT2D eigenvalue weighted by Gasteiger charge is -2.20. The molecule has 0 aromatic heterocycles. The highest BCUT2D eigenvalue weighted by Gasteiger charge is 2.36. The first-order valence-electron chi connectivity index (χ1n) is 6.97. The van der Waals surface area contributed by atoms with Crippen LogP contribution in [-0.4, -0.2) is 36.0 Å². The third-order valence-corrected chi connectivity index (χ3v) is 6.17. The summed E-state index contributed by atoms with van der Waals surface area (Å²) in [5.74, 6) is -2.01. The molecule has 0 saturated carbocycles. The summed E-state index contributed by atoms with van der Waals surface area (Å²) in [5, 5.41) is 18.4. The number of benzene rings is 2. The zero-order valence-corrected chi connectivity index (χ0v) is 14.5. The van der Waals surface area contributed by atoms with Crippen LogP contribution in [0.4, 0.5) is 0 Å². The fourth-order valence-electron chi connectivity index (χ4n) is 1.98. The molecule has 1 amide bonds. The Kier molecular flexibility index (Phi) is 5.66. The molecule has 0 aliphatic rings. The van der Waals surface area contributed by atoms with E-state index in [0.29, 0.717) is 0 Å². The van der Waals surface area contributed by atoms with Gasteiger partial charge >= 0.3 is 0 Å². The van der Waals surface area contributed by atoms with Crippen LogP contribution in [-0.2, 0) is 14.6 Å². The Hall–Kier alpha value is -1.87. The van der Waals surface area contributed by atoms with Crippen molar-refractivity contribution in [2.75, 3.05) is 5.75 Å². The van der Waals surface area contributed by atoms with E-state index < -0.39 is 27.1 Å². The zero-order valence-electron chi connectivity index (χ0n) is 12.8. The van der Waals surface area contributed by atoms with Crippen molar-refractivity contribution in [1.82, 2.24) is 5.48 Å². The Labute approximate surface area is 144 Å². The molecule has 6 nitrogen and oxygen atoms in total. The average Bonchev–Trinajstić information content (AvgIpc) is 2.54. The Morgan fingerprint density at radius 1 is 1.08 bits per heavy atom. The Morgan fingerprint density at radius 3 is 2.17 bits per heavy atom. The second-order valence-electron chi connectivity index (χ2n) is 5.36. The molecule has 0 radical (unpaired) electrons. The summed E-state index contributed by atoms with van der Waals surface area (Å²) >= 11 is 1.49. The van der Waals surface area contributed by atoms with E-state index in [9.17, 15) is 18.3 Å². The van der Waals surface area contributed by atoms with Crippen molar-refractivity contribution in [3.8, 4) is 0 Å². The van der Waals surface area contributed by atoms with Crippen LogP contribution in [0.3, 0.4) is 0 Å². The monoisotopic (exact) mass is 367 g/mol. The average molecular weight is 367 g/mol. The van der Waals surface area contributed by atoms with E-state index in [1.165, 1.54) is 29.4 Å². The topological polar surface area (TPSA) is 104 Å². The number of hydroxylamine groups is 1. The van der Waals surface area contributed by atoms with E-state index in [1.807, 2.05) is 30.3 Å². The second-order valence-corrected chi connectivity index (χ2v) is 8.50. The van der Waals surface area contributed by atoms with Crippen LogP contribution in [0, 0.1) is 0 Å². The summed E-state index contributed by atoms with van der Waals surface area (Å²) in [6, 6.07) is 15.8. The molecule has 8 heteroatoms. The molecular formula is C16H17NO5S2. The van der Waals surface area contributed by atoms with E-state index in [4.69, 9.17) is 5.21 Å². The maximum Gasteiger partial charge on any atom is 0.276 e. The van der Waals surface area contributed by atoms with Crippen LogP contribution in [0.1, 0.15) is 6.92 Å². The molecule has 128 valence electrons. The molecule has 0 aliphatic heterocycles. The van der Waals surface area contributed by atoms with Gasteiger partial charge < -0.3 is 5.11 Å². The van der Waals surface area contributed by atoms with Crippen LogP contribution in [0.5, 0.6) is 0 Å². The van der Waals surface area contributed by atoms with Gasteiger partial charge in [-0.1, -0.05) is 30.0 Å². The van der Waals surface area contributed by atoms with E-state index in [0.717, 1.165) is 16.7 Å². The van der Waals surface area contributed by atoms with E-state index in [1.54, 1.807) is 12.1 Å². The van der Waals surface area contributed by atoms with Gasteiger partial charge in [0.1, 0.15) is 0 Å². The predicted octanol–water partition coefficient (Wildman–Crippen LogP) is 1.87. The minimum atomic E-state index is -3.89. The number of carbonyl (C=O) groups is 1. The number of nitrogens with one attached hydrogen (secondary N) is 1. The molecule has 2 aromatic rings. The van der Waals surface area contributed by atoms with E-state index in [2.05, 4.69) is 0 Å². The van der Waals surface area contributed by atoms with Crippen molar-refractivity contribution in [1.29, 1.82) is 0 Å². The first kappa shape index (κ1) is 18.5. The predicted molar refractivity (Wildman–Crippen MR) is 89.6 cm³/mol. The molecule has 0 spiro atoms. The summed E-state index contributed by atoms with van der Waals surface area (Å²) in [7, 11) is -3.89. The molecule has 0 fully saturated rings. The number of hydrogen-bond donors (Lipinski definition) is 3. The minimum absolute atomic E-state index is 0.00840. The normalized spacial score (nSPS) is 14.0. The Morgan fingerprint density at radius 2 is 1.62 bits per heavy atom. The third-order valence-electron chi connectivity index (χ3n) is 3.22. The number of hydrogen-bond acceptors (Lipinski definition) is 6. The van der Waals surface area contributed by atoms with Gasteiger partial charge in [0.25, 0.3) is 5.91 Å². The largest absolute Gasteiger partial charge is 0.379 e. The van der Waals surface area contributed by atoms with Crippen LogP contribution in [0.2, 0.25) is 0 Å². The SMILES string of the molecule is CC(O)(CS(=O)(=O)c1ccc(Sc2ccccc2)cc1)C(=O)NO. The standard InChI is InChI=1S/C16H17NO5S2/c1-16(19,15(18)17-20)11-24(21,22)14-9-7-13(8-10-14)23-12-5-3-2-4-6-12/h2-10,19-20H,11H2,1H3,(H,17,18). The van der Waals surface area contributed by atoms with Crippen molar-refractivity contribution >= 4 is 27.5 Å². The maximum atomic E-state index is 12.3. The quantitative estimate of drug-likeness (QED) is 0.532. The highest BCUT2D eigenvalue weighted by Crippen LogP contribution is 2.28. The number of aliphatic hydroxyl groups is 1. The van der Waals surface area contributed by atoms with Crippen LogP contribution in [0.15, 0.2) is 69.3 Å². The fourth-order valence-corrected chi connectivity index (χ4v) is 4.41. The van der Waals surface area contributed by atoms with Gasteiger partial charge in [-0.15, -0.1) is 0 Å². The second kappa shape index (κ2) is 7.35. The summed E-state index contributed by atoms with van der Waals surface area (Å²) in [4.78, 5) is 13.2. The fraction of sp³-hybridized carbons (Fsp3) is 0.188. The van der Waals surface area contributed by atoms with Gasteiger partial charge in [-0.05, 0) is 43.3 Å². The number of amides is 1. The minimum Gasteiger partial charge on any atom is -0.379 e. The van der Waals surface area contributed by atoms with Crippen molar-refractivity contribution in [3.05, 3.63) is 54.6 Å². The zero-order chi connectivity index (χ0) is 17.8. The molecule has 2 rings (SSSR count). The lowest BCUT2D eigenvalue weighted by atomic mass is 10.1. The van der Waals surface area contributed by atoms with Crippen LogP contribution >= 0.6 is 11.8 Å². The summed E-state index contributed by atoms with van der Waals surface area (Å²) in [6.07, 6.45) is 0. The number of sulfone groups is 1. The molecule has 0 bridgehead atoms. The van der Waals surface area contributed by atoms with Gasteiger partial charge in [-0.25, -0.2) is 13.9 Å². The van der Waals surface area contributed by atoms with Gasteiger partial charge in [-0.2, -0.15) is 0 Å². The summed E-state index contributed by atoms with van der Waals surface area (Å²) in [5.41, 5.74) is -0.972. The van der Waals surface area contributed by atoms with Gasteiger partial charge in [0.05, 0.1) is 10.6 Å². The number of rotatable bonds is 6. The van der Waals surface area contributed by atoms with Crippen LogP contribution in [0.25, 0.3) is 0 Å². The molecule has 3 N–H and O–H groups in total. The van der Waals surface area contributed by atoms with E-state index >= 15 is 0 Å². The molecule has 0 heterocycles. The summed E-state index contributed by atoms with van der Waals surface area (Å²) in [6.45, 7) is 1.02. The highest BCUT2D eigenvalue weighted by atomic mass is 32.2. The lowest BCUT2D eigenvalue weighted by molar-refractivity contribution is -0.144. The molecule has 0 aliphatic carbocycles. The van der Waals surface area contributed by atoms with Crippen molar-refractivity contribution in [2.45, 2.75) is 27.2 Å². The van der Waals surface area contributed by atoms with Gasteiger partial charge in [0.2, 0.25) is 0 Å². The smallest absolute Gasteiger partial charge is 0.276 e. The summed E-state index contributed by atoms with van der Waals surface area (Å²) < 4.78 is 24.6. The van der Waals surface area contributed by atoms with Gasteiger partial charge in [0, 0.05) is 9.79 Å². The van der Waals surface area contributed by atoms with Gasteiger partial charge in [0.15, 0.2) is 15.4 Å². The van der Waals surface area contributed by atoms with Crippen molar-refractivity contribution in [2.24, 2.45) is 0 Å². The lowest BCUT2D eigenvalue weighted by Crippen LogP contribution is -2.48. The molecular weight excluding hydrogens is 350 g/mol. The van der Waals surface area contributed by atoms with Crippen molar-refractivity contribution < 1.29 is 23.5 Å². The first-order valence-corrected chi connectivity index (χ1v) is 9.44. The Balaban J connectivity index is 2.16. The molecule has 2 aromatic carbocycles. The highest BCUT2D eigenvalue weighted by molar-refractivity contribution is 7.99. The molecule has 1 atom stereocenters. The molecule has 1 unspecified atom stereocenters. The number of carbonyl (C=O) groups excluding carboxylic acids is 1. The van der Waals surface area contributed by atoms with E-state index in [-0.39, 0.29) is 4.90 Å². The Bertz CT molecular complexity index is 802. The maximum absolute atomic E-state index is 12.3. The third kappa shape index (κ3) is 4.57. The van der Waals surface area contributed by atoms with Gasteiger partial charge in [-0.3, -0.25) is 10.0 Å². The molecule has 0 saturated heterocycles. The van der Waals surface area contributed by atoms with Crippen molar-refractivity contribution in [3.63, 3.8) is 0 Å². The molecule has 24 heavy (non-hydrogen) atoms. The first-order chi connectivity index (χ1) is 11.2.